The van der Waals surface area contributed by atoms with Crippen molar-refractivity contribution >= 4 is 21.6 Å². The van der Waals surface area contributed by atoms with Gasteiger partial charge in [-0.1, -0.05) is 0 Å². The molecule has 0 aliphatic rings. The lowest BCUT2D eigenvalue weighted by atomic mass is 10.2. The van der Waals surface area contributed by atoms with E-state index in [0.29, 0.717) is 27.6 Å². The average Bonchev–Trinajstić information content (AvgIpc) is 3.12. The Morgan fingerprint density at radius 3 is 2.60 bits per heavy atom. The molecule has 0 N–H and O–H groups in total. The van der Waals surface area contributed by atoms with Crippen LogP contribution in [0.4, 0.5) is 4.39 Å². The summed E-state index contributed by atoms with van der Waals surface area (Å²) in [7, 11) is 1.68. The number of rotatable bonds is 2. The SMILES string of the molecule is Cc1nc(-c2sc3ncn(C)c(=O)c3c2C)n(-c2ccc(F)cc2)n1. The van der Waals surface area contributed by atoms with Crippen LogP contribution in [0.1, 0.15) is 11.4 Å². The topological polar surface area (TPSA) is 65.6 Å². The first-order valence-electron chi connectivity index (χ1n) is 7.60. The van der Waals surface area contributed by atoms with Crippen LogP contribution in [0.3, 0.4) is 0 Å². The van der Waals surface area contributed by atoms with E-state index >= 15 is 0 Å². The Labute approximate surface area is 146 Å². The van der Waals surface area contributed by atoms with E-state index in [-0.39, 0.29) is 11.4 Å². The first kappa shape index (κ1) is 15.6. The summed E-state index contributed by atoms with van der Waals surface area (Å²) in [4.78, 5) is 22.8. The molecule has 1 aromatic carbocycles. The van der Waals surface area contributed by atoms with Gasteiger partial charge in [-0.2, -0.15) is 5.10 Å². The maximum Gasteiger partial charge on any atom is 0.262 e. The van der Waals surface area contributed by atoms with Gasteiger partial charge >= 0.3 is 0 Å². The maximum atomic E-state index is 13.2. The van der Waals surface area contributed by atoms with Gasteiger partial charge in [0.1, 0.15) is 16.5 Å². The summed E-state index contributed by atoms with van der Waals surface area (Å²) < 4.78 is 16.4. The third-order valence-corrected chi connectivity index (χ3v) is 5.19. The van der Waals surface area contributed by atoms with Crippen molar-refractivity contribution in [2.45, 2.75) is 13.8 Å². The minimum absolute atomic E-state index is 0.0884. The predicted molar refractivity (Wildman–Crippen MR) is 94.6 cm³/mol. The normalized spacial score (nSPS) is 11.4. The molecule has 0 aliphatic carbocycles. The Bertz CT molecular complexity index is 1160. The van der Waals surface area contributed by atoms with Gasteiger partial charge in [0, 0.05) is 7.05 Å². The minimum Gasteiger partial charge on any atom is -0.302 e. The monoisotopic (exact) mass is 355 g/mol. The van der Waals surface area contributed by atoms with Crippen LogP contribution in [-0.4, -0.2) is 24.3 Å². The molecule has 0 amide bonds. The number of thiophene rings is 1. The fourth-order valence-electron chi connectivity index (χ4n) is 2.75. The molecular weight excluding hydrogens is 341 g/mol. The highest BCUT2D eigenvalue weighted by atomic mass is 32.1. The lowest BCUT2D eigenvalue weighted by Crippen LogP contribution is -2.16. The highest BCUT2D eigenvalue weighted by Crippen LogP contribution is 2.35. The van der Waals surface area contributed by atoms with Crippen LogP contribution in [0.15, 0.2) is 35.4 Å². The molecule has 0 aliphatic heterocycles. The van der Waals surface area contributed by atoms with Gasteiger partial charge in [0.2, 0.25) is 0 Å². The summed E-state index contributed by atoms with van der Waals surface area (Å²) in [5.41, 5.74) is 1.44. The van der Waals surface area contributed by atoms with Crippen molar-refractivity contribution in [3.63, 3.8) is 0 Å². The molecule has 0 unspecified atom stereocenters. The zero-order valence-electron chi connectivity index (χ0n) is 13.8. The van der Waals surface area contributed by atoms with Crippen molar-refractivity contribution in [2.24, 2.45) is 7.05 Å². The van der Waals surface area contributed by atoms with Gasteiger partial charge < -0.3 is 4.57 Å². The first-order chi connectivity index (χ1) is 12.0. The predicted octanol–water partition coefficient (Wildman–Crippen LogP) is 3.00. The summed E-state index contributed by atoms with van der Waals surface area (Å²) in [6, 6.07) is 6.05. The van der Waals surface area contributed by atoms with Crippen molar-refractivity contribution in [2.75, 3.05) is 0 Å². The Hall–Kier alpha value is -2.87. The molecule has 0 fully saturated rings. The molecule has 4 rings (SSSR count). The third kappa shape index (κ3) is 2.45. The van der Waals surface area contributed by atoms with Gasteiger partial charge in [0.15, 0.2) is 5.82 Å². The Kier molecular flexibility index (Phi) is 3.50. The van der Waals surface area contributed by atoms with Crippen molar-refractivity contribution in [3.05, 3.63) is 58.2 Å². The number of hydrogen-bond donors (Lipinski definition) is 0. The highest BCUT2D eigenvalue weighted by molar-refractivity contribution is 7.22. The molecule has 25 heavy (non-hydrogen) atoms. The summed E-state index contributed by atoms with van der Waals surface area (Å²) in [5, 5.41) is 5.02. The molecule has 126 valence electrons. The second-order valence-corrected chi connectivity index (χ2v) is 6.77. The van der Waals surface area contributed by atoms with E-state index in [0.717, 1.165) is 10.4 Å². The van der Waals surface area contributed by atoms with Crippen molar-refractivity contribution in [1.29, 1.82) is 0 Å². The lowest BCUT2D eigenvalue weighted by molar-refractivity contribution is 0.627. The Balaban J connectivity index is 1.99. The number of aryl methyl sites for hydroxylation is 3. The molecule has 0 bridgehead atoms. The molecule has 8 heteroatoms. The molecule has 0 saturated carbocycles. The van der Waals surface area contributed by atoms with Crippen molar-refractivity contribution in [1.82, 2.24) is 24.3 Å². The van der Waals surface area contributed by atoms with Crippen molar-refractivity contribution < 1.29 is 4.39 Å². The van der Waals surface area contributed by atoms with Crippen LogP contribution in [-0.2, 0) is 7.05 Å². The summed E-state index contributed by atoms with van der Waals surface area (Å²) in [5.74, 6) is 0.900. The second kappa shape index (κ2) is 5.59. The van der Waals surface area contributed by atoms with Crippen LogP contribution in [0, 0.1) is 19.7 Å². The highest BCUT2D eigenvalue weighted by Gasteiger charge is 2.20. The lowest BCUT2D eigenvalue weighted by Gasteiger charge is -2.05. The van der Waals surface area contributed by atoms with Crippen molar-refractivity contribution in [3.8, 4) is 16.4 Å². The van der Waals surface area contributed by atoms with E-state index in [1.165, 1.54) is 34.4 Å². The van der Waals surface area contributed by atoms with Gasteiger partial charge in [0.25, 0.3) is 5.56 Å². The van der Waals surface area contributed by atoms with E-state index in [2.05, 4.69) is 15.1 Å². The van der Waals surface area contributed by atoms with Crippen LogP contribution < -0.4 is 5.56 Å². The zero-order valence-corrected chi connectivity index (χ0v) is 14.6. The van der Waals surface area contributed by atoms with E-state index < -0.39 is 0 Å². The van der Waals surface area contributed by atoms with Gasteiger partial charge in [-0.15, -0.1) is 11.3 Å². The van der Waals surface area contributed by atoms with Gasteiger partial charge in [-0.05, 0) is 43.7 Å². The molecule has 3 heterocycles. The van der Waals surface area contributed by atoms with Crippen LogP contribution in [0.2, 0.25) is 0 Å². The molecule has 3 aromatic heterocycles. The molecule has 0 spiro atoms. The fraction of sp³-hybridized carbons (Fsp3) is 0.176. The average molecular weight is 355 g/mol. The number of benzene rings is 1. The van der Waals surface area contributed by atoms with Crippen LogP contribution >= 0.6 is 11.3 Å². The third-order valence-electron chi connectivity index (χ3n) is 4.00. The minimum atomic E-state index is -0.312. The number of aromatic nitrogens is 5. The summed E-state index contributed by atoms with van der Waals surface area (Å²) in [6.45, 7) is 3.68. The molecule has 0 atom stereocenters. The van der Waals surface area contributed by atoms with Crippen LogP contribution in [0.25, 0.3) is 26.6 Å². The summed E-state index contributed by atoms with van der Waals surface area (Å²) in [6.07, 6.45) is 1.51. The standard InChI is InChI=1S/C17H14FN5OS/c1-9-13-16(19-8-22(3)17(13)24)25-14(9)15-20-10(2)21-23(15)12-6-4-11(18)5-7-12/h4-8H,1-3H3. The number of nitrogens with zero attached hydrogens (tertiary/aromatic N) is 5. The molecular formula is C17H14FN5OS. The Morgan fingerprint density at radius 2 is 1.88 bits per heavy atom. The molecule has 6 nitrogen and oxygen atoms in total. The fourth-order valence-corrected chi connectivity index (χ4v) is 3.86. The molecule has 0 saturated heterocycles. The Morgan fingerprint density at radius 1 is 1.16 bits per heavy atom. The van der Waals surface area contributed by atoms with Gasteiger partial charge in [-0.25, -0.2) is 19.0 Å². The van der Waals surface area contributed by atoms with E-state index in [1.807, 2.05) is 6.92 Å². The van der Waals surface area contributed by atoms with E-state index in [1.54, 1.807) is 30.8 Å². The van der Waals surface area contributed by atoms with Gasteiger partial charge in [-0.3, -0.25) is 4.79 Å². The van der Waals surface area contributed by atoms with Crippen LogP contribution in [0.5, 0.6) is 0 Å². The van der Waals surface area contributed by atoms with Gasteiger partial charge in [0.05, 0.1) is 22.3 Å². The quantitative estimate of drug-likeness (QED) is 0.554. The smallest absolute Gasteiger partial charge is 0.262 e. The van der Waals surface area contributed by atoms with E-state index in [9.17, 15) is 9.18 Å². The molecule has 4 aromatic rings. The maximum absolute atomic E-state index is 13.2. The number of hydrogen-bond acceptors (Lipinski definition) is 5. The second-order valence-electron chi connectivity index (χ2n) is 5.77. The number of fused-ring (bicyclic) bond motifs is 1. The summed E-state index contributed by atoms with van der Waals surface area (Å²) >= 11 is 1.40. The number of halogens is 1. The van der Waals surface area contributed by atoms with E-state index in [4.69, 9.17) is 0 Å². The zero-order chi connectivity index (χ0) is 17.7. The largest absolute Gasteiger partial charge is 0.302 e. The molecule has 0 radical (unpaired) electrons. The first-order valence-corrected chi connectivity index (χ1v) is 8.42.